The zero-order valence-electron chi connectivity index (χ0n) is 12.9. The van der Waals surface area contributed by atoms with Crippen LogP contribution in [0.3, 0.4) is 0 Å². The molecule has 0 aliphatic heterocycles. The molecule has 108 valence electrons. The molecule has 2 heteroatoms. The van der Waals surface area contributed by atoms with Crippen molar-refractivity contribution in [1.82, 2.24) is 4.90 Å². The van der Waals surface area contributed by atoms with Crippen molar-refractivity contribution in [3.05, 3.63) is 35.4 Å². The molecule has 0 aliphatic rings. The van der Waals surface area contributed by atoms with Crippen LogP contribution < -0.4 is 0 Å². The highest BCUT2D eigenvalue weighted by atomic mass is 16.3. The van der Waals surface area contributed by atoms with Crippen LogP contribution in [0.5, 0.6) is 0 Å². The molecule has 2 nitrogen and oxygen atoms in total. The number of aliphatic hydroxyl groups is 1. The number of rotatable bonds is 8. The smallest absolute Gasteiger partial charge is 0.0916 e. The predicted octanol–water partition coefficient (Wildman–Crippen LogP) is 3.97. The minimum absolute atomic E-state index is 0.377. The number of benzene rings is 1. The third-order valence-corrected chi connectivity index (χ3v) is 3.69. The predicted molar refractivity (Wildman–Crippen MR) is 82.5 cm³/mol. The lowest BCUT2D eigenvalue weighted by Crippen LogP contribution is -2.29. The summed E-state index contributed by atoms with van der Waals surface area (Å²) in [5.41, 5.74) is 2.36. The molecule has 0 saturated carbocycles. The molecule has 1 aromatic rings. The van der Waals surface area contributed by atoms with Gasteiger partial charge < -0.3 is 10.0 Å². The van der Waals surface area contributed by atoms with Crippen LogP contribution in [0.15, 0.2) is 24.3 Å². The van der Waals surface area contributed by atoms with Crippen LogP contribution in [0, 0.1) is 0 Å². The molecular formula is C17H29NO. The molecule has 1 N–H and O–H groups in total. The van der Waals surface area contributed by atoms with Crippen molar-refractivity contribution in [2.75, 3.05) is 19.6 Å². The molecule has 0 aliphatic carbocycles. The quantitative estimate of drug-likeness (QED) is 0.767. The summed E-state index contributed by atoms with van der Waals surface area (Å²) in [6.45, 7) is 11.6. The molecule has 0 saturated heterocycles. The first kappa shape index (κ1) is 16.2. The Morgan fingerprint density at radius 1 is 1.05 bits per heavy atom. The SMILES string of the molecule is CCCCN(CC)CC(O)c1ccc(C(C)C)cc1. The van der Waals surface area contributed by atoms with Crippen molar-refractivity contribution < 1.29 is 5.11 Å². The van der Waals surface area contributed by atoms with Gasteiger partial charge in [0.15, 0.2) is 0 Å². The average molecular weight is 263 g/mol. The number of nitrogens with zero attached hydrogens (tertiary/aromatic N) is 1. The molecule has 0 bridgehead atoms. The van der Waals surface area contributed by atoms with E-state index in [-0.39, 0.29) is 6.10 Å². The monoisotopic (exact) mass is 263 g/mol. The van der Waals surface area contributed by atoms with E-state index >= 15 is 0 Å². The van der Waals surface area contributed by atoms with Gasteiger partial charge in [0.05, 0.1) is 6.10 Å². The van der Waals surface area contributed by atoms with E-state index in [9.17, 15) is 5.11 Å². The number of hydrogen-bond donors (Lipinski definition) is 1. The molecule has 1 rings (SSSR count). The maximum atomic E-state index is 10.3. The molecule has 0 radical (unpaired) electrons. The normalized spacial score (nSPS) is 13.2. The van der Waals surface area contributed by atoms with Crippen molar-refractivity contribution >= 4 is 0 Å². The van der Waals surface area contributed by atoms with Gasteiger partial charge in [-0.2, -0.15) is 0 Å². The van der Waals surface area contributed by atoms with Gasteiger partial charge in [0.1, 0.15) is 0 Å². The van der Waals surface area contributed by atoms with Crippen LogP contribution in [-0.4, -0.2) is 29.6 Å². The van der Waals surface area contributed by atoms with E-state index in [1.807, 2.05) is 0 Å². The van der Waals surface area contributed by atoms with Gasteiger partial charge in [0, 0.05) is 6.54 Å². The van der Waals surface area contributed by atoms with Gasteiger partial charge >= 0.3 is 0 Å². The zero-order chi connectivity index (χ0) is 14.3. The molecule has 0 aromatic heterocycles. The number of hydrogen-bond acceptors (Lipinski definition) is 2. The lowest BCUT2D eigenvalue weighted by atomic mass is 10.00. The van der Waals surface area contributed by atoms with Gasteiger partial charge in [0.25, 0.3) is 0 Å². The zero-order valence-corrected chi connectivity index (χ0v) is 12.9. The molecule has 1 aromatic carbocycles. The van der Waals surface area contributed by atoms with Gasteiger partial charge in [-0.1, -0.05) is 58.4 Å². The fourth-order valence-corrected chi connectivity index (χ4v) is 2.21. The number of unbranched alkanes of at least 4 members (excludes halogenated alkanes) is 1. The Balaban J connectivity index is 2.58. The van der Waals surface area contributed by atoms with E-state index in [2.05, 4.69) is 56.9 Å². The summed E-state index contributed by atoms with van der Waals surface area (Å²) in [6, 6.07) is 8.39. The van der Waals surface area contributed by atoms with E-state index in [0.29, 0.717) is 5.92 Å². The van der Waals surface area contributed by atoms with Crippen LogP contribution in [0.1, 0.15) is 63.7 Å². The Morgan fingerprint density at radius 2 is 1.63 bits per heavy atom. The number of aliphatic hydroxyl groups excluding tert-OH is 1. The Hall–Kier alpha value is -0.860. The van der Waals surface area contributed by atoms with E-state index in [0.717, 1.165) is 25.2 Å². The molecule has 0 fully saturated rings. The first-order valence-corrected chi connectivity index (χ1v) is 7.58. The highest BCUT2D eigenvalue weighted by Gasteiger charge is 2.12. The van der Waals surface area contributed by atoms with Crippen molar-refractivity contribution in [3.8, 4) is 0 Å². The van der Waals surface area contributed by atoms with Gasteiger partial charge in [-0.25, -0.2) is 0 Å². The summed E-state index contributed by atoms with van der Waals surface area (Å²) in [7, 11) is 0. The molecule has 0 heterocycles. The fourth-order valence-electron chi connectivity index (χ4n) is 2.21. The fraction of sp³-hybridized carbons (Fsp3) is 0.647. The first-order chi connectivity index (χ1) is 9.08. The Morgan fingerprint density at radius 3 is 2.11 bits per heavy atom. The molecule has 0 amide bonds. The van der Waals surface area contributed by atoms with Crippen LogP contribution in [0.25, 0.3) is 0 Å². The van der Waals surface area contributed by atoms with Gasteiger partial charge in [-0.3, -0.25) is 0 Å². The second-order valence-electron chi connectivity index (χ2n) is 5.58. The maximum Gasteiger partial charge on any atom is 0.0916 e. The third kappa shape index (κ3) is 5.33. The Bertz CT molecular complexity index is 345. The first-order valence-electron chi connectivity index (χ1n) is 7.58. The minimum Gasteiger partial charge on any atom is -0.387 e. The summed E-state index contributed by atoms with van der Waals surface area (Å²) in [5.74, 6) is 0.544. The van der Waals surface area contributed by atoms with Gasteiger partial charge in [-0.15, -0.1) is 0 Å². The molecular weight excluding hydrogens is 234 g/mol. The van der Waals surface area contributed by atoms with E-state index in [1.54, 1.807) is 0 Å². The third-order valence-electron chi connectivity index (χ3n) is 3.69. The van der Waals surface area contributed by atoms with Gasteiger partial charge in [0.2, 0.25) is 0 Å². The number of likely N-dealkylation sites (N-methyl/N-ethyl adjacent to an activating group) is 1. The highest BCUT2D eigenvalue weighted by Crippen LogP contribution is 2.19. The Kier molecular flexibility index (Phi) is 7.11. The minimum atomic E-state index is -0.377. The van der Waals surface area contributed by atoms with E-state index in [1.165, 1.54) is 18.4 Å². The summed E-state index contributed by atoms with van der Waals surface area (Å²) in [5, 5.41) is 10.3. The maximum absolute atomic E-state index is 10.3. The summed E-state index contributed by atoms with van der Waals surface area (Å²) in [6.07, 6.45) is 2.03. The van der Waals surface area contributed by atoms with Crippen molar-refractivity contribution in [3.63, 3.8) is 0 Å². The second-order valence-corrected chi connectivity index (χ2v) is 5.58. The van der Waals surface area contributed by atoms with E-state index < -0.39 is 0 Å². The highest BCUT2D eigenvalue weighted by molar-refractivity contribution is 5.26. The second kappa shape index (κ2) is 8.34. The summed E-state index contributed by atoms with van der Waals surface area (Å²) < 4.78 is 0. The van der Waals surface area contributed by atoms with Crippen LogP contribution in [0.4, 0.5) is 0 Å². The molecule has 0 spiro atoms. The average Bonchev–Trinajstić information content (AvgIpc) is 2.43. The molecule has 1 atom stereocenters. The van der Waals surface area contributed by atoms with Crippen molar-refractivity contribution in [2.45, 2.75) is 52.6 Å². The topological polar surface area (TPSA) is 23.5 Å². The van der Waals surface area contributed by atoms with Crippen LogP contribution in [-0.2, 0) is 0 Å². The van der Waals surface area contributed by atoms with Crippen molar-refractivity contribution in [2.24, 2.45) is 0 Å². The molecule has 19 heavy (non-hydrogen) atoms. The molecule has 1 unspecified atom stereocenters. The Labute approximate surface area is 118 Å². The van der Waals surface area contributed by atoms with E-state index in [4.69, 9.17) is 0 Å². The van der Waals surface area contributed by atoms with Crippen LogP contribution in [0.2, 0.25) is 0 Å². The van der Waals surface area contributed by atoms with Crippen LogP contribution >= 0.6 is 0 Å². The van der Waals surface area contributed by atoms with Crippen molar-refractivity contribution in [1.29, 1.82) is 0 Å². The standard InChI is InChI=1S/C17H29NO/c1-5-7-12-18(6-2)13-17(19)16-10-8-15(9-11-16)14(3)4/h8-11,14,17,19H,5-7,12-13H2,1-4H3. The summed E-state index contributed by atoms with van der Waals surface area (Å²) >= 11 is 0. The summed E-state index contributed by atoms with van der Waals surface area (Å²) in [4.78, 5) is 2.32. The largest absolute Gasteiger partial charge is 0.387 e. The lowest BCUT2D eigenvalue weighted by Gasteiger charge is -2.23. The lowest BCUT2D eigenvalue weighted by molar-refractivity contribution is 0.115. The van der Waals surface area contributed by atoms with Gasteiger partial charge in [-0.05, 0) is 36.6 Å².